The third-order valence-electron chi connectivity index (χ3n) is 2.53. The van der Waals surface area contributed by atoms with Crippen LogP contribution in [0.3, 0.4) is 0 Å². The molecule has 0 spiro atoms. The standard InChI is InChI=1S/C14H12BrN3O4S/c1-7(19)17-14-18-13(21)11(23-14)5-8-2-3-10(9(15)4-8)22-6-12(16)20/h2-5H,6H2,1H3,(H2,16,20)(H,17,18,19,21)/b11-5-. The molecule has 0 saturated carbocycles. The van der Waals surface area contributed by atoms with E-state index in [0.717, 1.165) is 17.3 Å². The topological polar surface area (TPSA) is 111 Å². The van der Waals surface area contributed by atoms with Gasteiger partial charge in [0.1, 0.15) is 5.75 Å². The largest absolute Gasteiger partial charge is 0.483 e. The van der Waals surface area contributed by atoms with E-state index < -0.39 is 11.8 Å². The number of carbonyl (C=O) groups excluding carboxylic acids is 3. The second kappa shape index (κ2) is 7.42. The first kappa shape index (κ1) is 17.2. The van der Waals surface area contributed by atoms with E-state index in [9.17, 15) is 14.4 Å². The van der Waals surface area contributed by atoms with Gasteiger partial charge in [0.2, 0.25) is 5.91 Å². The zero-order valence-corrected chi connectivity index (χ0v) is 14.4. The smallest absolute Gasteiger partial charge is 0.286 e. The number of amides is 3. The molecular weight excluding hydrogens is 386 g/mol. The Kier molecular flexibility index (Phi) is 5.56. The molecule has 7 nitrogen and oxygen atoms in total. The van der Waals surface area contributed by atoms with Gasteiger partial charge in [0.15, 0.2) is 11.8 Å². The summed E-state index contributed by atoms with van der Waals surface area (Å²) in [5.41, 5.74) is 5.75. The average molecular weight is 398 g/mol. The van der Waals surface area contributed by atoms with Gasteiger partial charge in [-0.1, -0.05) is 6.07 Å². The van der Waals surface area contributed by atoms with Gasteiger partial charge in [-0.25, -0.2) is 0 Å². The van der Waals surface area contributed by atoms with Gasteiger partial charge in [-0.05, 0) is 51.5 Å². The third kappa shape index (κ3) is 4.93. The summed E-state index contributed by atoms with van der Waals surface area (Å²) in [6.45, 7) is 1.12. The molecule has 9 heteroatoms. The number of nitrogens with one attached hydrogen (secondary N) is 1. The molecule has 1 aromatic rings. The Morgan fingerprint density at radius 3 is 2.83 bits per heavy atom. The first-order chi connectivity index (χ1) is 10.8. The first-order valence-corrected chi connectivity index (χ1v) is 7.97. The van der Waals surface area contributed by atoms with Crippen LogP contribution in [0.15, 0.2) is 32.6 Å². The summed E-state index contributed by atoms with van der Waals surface area (Å²) in [5.74, 6) is -0.807. The Morgan fingerprint density at radius 1 is 1.48 bits per heavy atom. The van der Waals surface area contributed by atoms with Gasteiger partial charge >= 0.3 is 0 Å². The van der Waals surface area contributed by atoms with Crippen molar-refractivity contribution in [1.29, 1.82) is 0 Å². The number of rotatable bonds is 4. The third-order valence-corrected chi connectivity index (χ3v) is 4.05. The van der Waals surface area contributed by atoms with Crippen LogP contribution in [0.25, 0.3) is 6.08 Å². The van der Waals surface area contributed by atoms with Gasteiger partial charge in [-0.15, -0.1) is 0 Å². The predicted octanol–water partition coefficient (Wildman–Crippen LogP) is 1.42. The number of benzene rings is 1. The van der Waals surface area contributed by atoms with Gasteiger partial charge in [0.05, 0.1) is 9.38 Å². The molecule has 1 aliphatic rings. The molecule has 0 saturated heterocycles. The molecule has 3 N–H and O–H groups in total. The van der Waals surface area contributed by atoms with Gasteiger partial charge < -0.3 is 15.8 Å². The maximum atomic E-state index is 11.8. The van der Waals surface area contributed by atoms with Crippen molar-refractivity contribution >= 4 is 56.7 Å². The van der Waals surface area contributed by atoms with E-state index in [1.807, 2.05) is 0 Å². The van der Waals surface area contributed by atoms with Gasteiger partial charge in [0, 0.05) is 6.92 Å². The fraction of sp³-hybridized carbons (Fsp3) is 0.143. The molecule has 0 radical (unpaired) electrons. The van der Waals surface area contributed by atoms with Crippen molar-refractivity contribution in [2.24, 2.45) is 10.7 Å². The molecule has 0 aliphatic carbocycles. The van der Waals surface area contributed by atoms with Crippen LogP contribution in [0.5, 0.6) is 5.75 Å². The summed E-state index contributed by atoms with van der Waals surface area (Å²) >= 11 is 4.41. The van der Waals surface area contributed by atoms with Gasteiger partial charge in [0.25, 0.3) is 11.8 Å². The van der Waals surface area contributed by atoms with E-state index in [1.165, 1.54) is 6.92 Å². The minimum atomic E-state index is -0.571. The SMILES string of the molecule is CC(=O)NC1=NC(=O)/C(=C/c2ccc(OCC(N)=O)c(Br)c2)S1. The summed E-state index contributed by atoms with van der Waals surface area (Å²) in [6.07, 6.45) is 1.65. The number of hydrogen-bond acceptors (Lipinski definition) is 5. The molecule has 2 rings (SSSR count). The Bertz CT molecular complexity index is 746. The number of halogens is 1. The molecule has 0 bridgehead atoms. The van der Waals surface area contributed by atoms with Crippen molar-refractivity contribution in [3.8, 4) is 5.75 Å². The van der Waals surface area contributed by atoms with Crippen LogP contribution in [0, 0.1) is 0 Å². The van der Waals surface area contributed by atoms with E-state index in [4.69, 9.17) is 10.5 Å². The second-order valence-electron chi connectivity index (χ2n) is 4.46. The van der Waals surface area contributed by atoms with Crippen molar-refractivity contribution in [1.82, 2.24) is 5.32 Å². The highest BCUT2D eigenvalue weighted by molar-refractivity contribution is 9.10. The van der Waals surface area contributed by atoms with Crippen LogP contribution >= 0.6 is 27.7 Å². The minimum Gasteiger partial charge on any atom is -0.483 e. The van der Waals surface area contributed by atoms with Crippen LogP contribution in [-0.4, -0.2) is 29.5 Å². The molecule has 0 unspecified atom stereocenters. The number of nitrogens with two attached hydrogens (primary N) is 1. The lowest BCUT2D eigenvalue weighted by atomic mass is 10.2. The van der Waals surface area contributed by atoms with Crippen LogP contribution in [0.1, 0.15) is 12.5 Å². The summed E-state index contributed by atoms with van der Waals surface area (Å²) in [6, 6.07) is 5.10. The Balaban J connectivity index is 2.11. The maximum Gasteiger partial charge on any atom is 0.286 e. The monoisotopic (exact) mass is 397 g/mol. The second-order valence-corrected chi connectivity index (χ2v) is 6.34. The number of carbonyl (C=O) groups is 3. The maximum absolute atomic E-state index is 11.8. The highest BCUT2D eigenvalue weighted by Gasteiger charge is 2.22. The number of primary amides is 1. The van der Waals surface area contributed by atoms with Crippen LogP contribution < -0.4 is 15.8 Å². The van der Waals surface area contributed by atoms with E-state index in [1.54, 1.807) is 24.3 Å². The number of ether oxygens (including phenoxy) is 1. The van der Waals surface area contributed by atoms with Crippen LogP contribution in [0.2, 0.25) is 0 Å². The van der Waals surface area contributed by atoms with Crippen LogP contribution in [-0.2, 0) is 14.4 Å². The van der Waals surface area contributed by atoms with Crippen molar-refractivity contribution in [2.75, 3.05) is 6.61 Å². The van der Waals surface area contributed by atoms with Crippen LogP contribution in [0.4, 0.5) is 0 Å². The molecule has 1 aliphatic heterocycles. The fourth-order valence-corrected chi connectivity index (χ4v) is 3.01. The normalized spacial score (nSPS) is 15.5. The Labute approximate surface area is 144 Å². The van der Waals surface area contributed by atoms with Crippen molar-refractivity contribution in [2.45, 2.75) is 6.92 Å². The molecule has 120 valence electrons. The van der Waals surface area contributed by atoms with E-state index in [2.05, 4.69) is 26.2 Å². The quantitative estimate of drug-likeness (QED) is 0.746. The molecule has 1 heterocycles. The molecule has 0 fully saturated rings. The lowest BCUT2D eigenvalue weighted by Crippen LogP contribution is -2.23. The highest BCUT2D eigenvalue weighted by Crippen LogP contribution is 2.30. The lowest BCUT2D eigenvalue weighted by Gasteiger charge is -2.07. The average Bonchev–Trinajstić information content (AvgIpc) is 2.76. The molecule has 23 heavy (non-hydrogen) atoms. The zero-order valence-electron chi connectivity index (χ0n) is 12.0. The number of nitrogens with zero attached hydrogens (tertiary/aromatic N) is 1. The van der Waals surface area contributed by atoms with E-state index in [0.29, 0.717) is 15.1 Å². The summed E-state index contributed by atoms with van der Waals surface area (Å²) in [5, 5.41) is 2.73. The van der Waals surface area contributed by atoms with E-state index in [-0.39, 0.29) is 17.7 Å². The molecule has 3 amide bonds. The molecule has 0 atom stereocenters. The Morgan fingerprint density at radius 2 is 2.22 bits per heavy atom. The van der Waals surface area contributed by atoms with Crippen molar-refractivity contribution < 1.29 is 19.1 Å². The van der Waals surface area contributed by atoms with Crippen molar-refractivity contribution in [3.63, 3.8) is 0 Å². The summed E-state index contributed by atoms with van der Waals surface area (Å²) in [7, 11) is 0. The first-order valence-electron chi connectivity index (χ1n) is 6.36. The number of amidine groups is 1. The number of aliphatic imine (C=N–C) groups is 1. The summed E-state index contributed by atoms with van der Waals surface area (Å²) < 4.78 is 5.84. The predicted molar refractivity (Wildman–Crippen MR) is 90.7 cm³/mol. The highest BCUT2D eigenvalue weighted by atomic mass is 79.9. The van der Waals surface area contributed by atoms with E-state index >= 15 is 0 Å². The number of hydrogen-bond donors (Lipinski definition) is 2. The molecule has 1 aromatic carbocycles. The molecule has 0 aromatic heterocycles. The fourth-order valence-electron chi connectivity index (χ4n) is 1.64. The Hall–Kier alpha value is -2.13. The lowest BCUT2D eigenvalue weighted by molar-refractivity contribution is -0.120. The minimum absolute atomic E-state index is 0.221. The summed E-state index contributed by atoms with van der Waals surface area (Å²) in [4.78, 5) is 37.6. The zero-order chi connectivity index (χ0) is 17.0. The van der Waals surface area contributed by atoms with Gasteiger partial charge in [-0.2, -0.15) is 4.99 Å². The van der Waals surface area contributed by atoms with Gasteiger partial charge in [-0.3, -0.25) is 14.4 Å². The molecular formula is C14H12BrN3O4S. The van der Waals surface area contributed by atoms with Crippen molar-refractivity contribution in [3.05, 3.63) is 33.1 Å². The number of thioether (sulfide) groups is 1.